The second-order valence-corrected chi connectivity index (χ2v) is 5.15. The van der Waals surface area contributed by atoms with Gasteiger partial charge in [-0.25, -0.2) is 0 Å². The van der Waals surface area contributed by atoms with Crippen LogP contribution in [0.1, 0.15) is 52.9 Å². The van der Waals surface area contributed by atoms with E-state index in [1.807, 2.05) is 0 Å². The highest BCUT2D eigenvalue weighted by molar-refractivity contribution is 4.85. The van der Waals surface area contributed by atoms with Gasteiger partial charge in [0, 0.05) is 12.6 Å². The topological polar surface area (TPSA) is 21.3 Å². The van der Waals surface area contributed by atoms with Gasteiger partial charge in [0.25, 0.3) is 0 Å². The van der Waals surface area contributed by atoms with Crippen molar-refractivity contribution in [2.24, 2.45) is 5.92 Å². The maximum atomic E-state index is 5.80. The van der Waals surface area contributed by atoms with Crippen LogP contribution in [-0.4, -0.2) is 25.3 Å². The molecule has 0 unspecified atom stereocenters. The molecule has 0 bridgehead atoms. The van der Waals surface area contributed by atoms with Gasteiger partial charge in [0.15, 0.2) is 0 Å². The van der Waals surface area contributed by atoms with Crippen LogP contribution in [0.25, 0.3) is 0 Å². The summed E-state index contributed by atoms with van der Waals surface area (Å²) in [6.07, 6.45) is 6.75. The Morgan fingerprint density at radius 1 is 1.33 bits per heavy atom. The Morgan fingerprint density at radius 2 is 2.07 bits per heavy atom. The number of ether oxygens (including phenoxy) is 1. The second kappa shape index (κ2) is 7.24. The van der Waals surface area contributed by atoms with Gasteiger partial charge in [-0.3, -0.25) is 0 Å². The molecule has 0 aromatic carbocycles. The van der Waals surface area contributed by atoms with Crippen LogP contribution in [0.5, 0.6) is 0 Å². The fourth-order valence-electron chi connectivity index (χ4n) is 1.96. The van der Waals surface area contributed by atoms with Crippen molar-refractivity contribution in [1.82, 2.24) is 5.32 Å². The zero-order valence-corrected chi connectivity index (χ0v) is 10.6. The summed E-state index contributed by atoms with van der Waals surface area (Å²) in [6.45, 7) is 8.88. The lowest BCUT2D eigenvalue weighted by atomic mass is 9.89. The summed E-state index contributed by atoms with van der Waals surface area (Å²) >= 11 is 0. The molecule has 15 heavy (non-hydrogen) atoms. The first-order chi connectivity index (χ1) is 7.22. The Morgan fingerprint density at radius 3 is 2.67 bits per heavy atom. The molecule has 0 atom stereocenters. The van der Waals surface area contributed by atoms with Gasteiger partial charge in [-0.15, -0.1) is 0 Å². The van der Waals surface area contributed by atoms with E-state index in [1.54, 1.807) is 0 Å². The molecule has 0 heterocycles. The average molecular weight is 213 g/mol. The molecule has 1 saturated carbocycles. The summed E-state index contributed by atoms with van der Waals surface area (Å²) < 4.78 is 5.80. The standard InChI is InChI=1S/C13H27NO/c1-4-7-14-12-9-13(10-12)15-8-5-6-11(2)3/h11-14H,4-10H2,1-3H3. The minimum Gasteiger partial charge on any atom is -0.378 e. The summed E-state index contributed by atoms with van der Waals surface area (Å²) in [6, 6.07) is 0.736. The van der Waals surface area contributed by atoms with E-state index in [1.165, 1.54) is 32.1 Å². The SMILES string of the molecule is CCCNC1CC(OCCCC(C)C)C1. The largest absolute Gasteiger partial charge is 0.378 e. The monoisotopic (exact) mass is 213 g/mol. The third-order valence-electron chi connectivity index (χ3n) is 3.06. The Hall–Kier alpha value is -0.0800. The molecular formula is C13H27NO. The molecule has 2 nitrogen and oxygen atoms in total. The molecule has 90 valence electrons. The molecule has 1 rings (SSSR count). The molecule has 0 aromatic heterocycles. The minimum absolute atomic E-state index is 0.548. The quantitative estimate of drug-likeness (QED) is 0.626. The molecule has 0 radical (unpaired) electrons. The van der Waals surface area contributed by atoms with Crippen molar-refractivity contribution in [3.05, 3.63) is 0 Å². The van der Waals surface area contributed by atoms with E-state index in [0.717, 1.165) is 25.1 Å². The third kappa shape index (κ3) is 5.53. The lowest BCUT2D eigenvalue weighted by Crippen LogP contribution is -2.45. The van der Waals surface area contributed by atoms with Crippen molar-refractivity contribution >= 4 is 0 Å². The summed E-state index contributed by atoms with van der Waals surface area (Å²) in [5.74, 6) is 0.814. The Bertz CT molecular complexity index is 153. The summed E-state index contributed by atoms with van der Waals surface area (Å²) in [7, 11) is 0. The molecule has 0 saturated heterocycles. The van der Waals surface area contributed by atoms with Gasteiger partial charge >= 0.3 is 0 Å². The highest BCUT2D eigenvalue weighted by atomic mass is 16.5. The zero-order chi connectivity index (χ0) is 11.1. The van der Waals surface area contributed by atoms with Crippen LogP contribution in [-0.2, 0) is 4.74 Å². The fourth-order valence-corrected chi connectivity index (χ4v) is 1.96. The molecule has 1 aliphatic rings. The third-order valence-corrected chi connectivity index (χ3v) is 3.06. The predicted molar refractivity (Wildman–Crippen MR) is 65.1 cm³/mol. The maximum Gasteiger partial charge on any atom is 0.0604 e. The van der Waals surface area contributed by atoms with E-state index < -0.39 is 0 Å². The molecule has 1 N–H and O–H groups in total. The van der Waals surface area contributed by atoms with E-state index in [0.29, 0.717) is 6.10 Å². The van der Waals surface area contributed by atoms with Gasteiger partial charge in [0.1, 0.15) is 0 Å². The average Bonchev–Trinajstić information content (AvgIpc) is 2.13. The van der Waals surface area contributed by atoms with Crippen molar-refractivity contribution in [3.8, 4) is 0 Å². The van der Waals surface area contributed by atoms with Gasteiger partial charge in [-0.05, 0) is 44.6 Å². The molecule has 0 spiro atoms. The minimum atomic E-state index is 0.548. The fraction of sp³-hybridized carbons (Fsp3) is 1.00. The lowest BCUT2D eigenvalue weighted by molar-refractivity contribution is -0.0183. The highest BCUT2D eigenvalue weighted by Gasteiger charge is 2.28. The van der Waals surface area contributed by atoms with Crippen LogP contribution in [0.3, 0.4) is 0 Å². The van der Waals surface area contributed by atoms with E-state index in [-0.39, 0.29) is 0 Å². The van der Waals surface area contributed by atoms with E-state index in [4.69, 9.17) is 4.74 Å². The van der Waals surface area contributed by atoms with Crippen molar-refractivity contribution in [3.63, 3.8) is 0 Å². The van der Waals surface area contributed by atoms with Crippen LogP contribution < -0.4 is 5.32 Å². The summed E-state index contributed by atoms with van der Waals surface area (Å²) in [5.41, 5.74) is 0. The lowest BCUT2D eigenvalue weighted by Gasteiger charge is -2.35. The first-order valence-electron chi connectivity index (χ1n) is 6.57. The van der Waals surface area contributed by atoms with Crippen LogP contribution in [0.4, 0.5) is 0 Å². The van der Waals surface area contributed by atoms with Crippen molar-refractivity contribution in [2.75, 3.05) is 13.2 Å². The van der Waals surface area contributed by atoms with Crippen LogP contribution in [0, 0.1) is 5.92 Å². The van der Waals surface area contributed by atoms with Crippen molar-refractivity contribution in [2.45, 2.75) is 65.0 Å². The molecule has 0 aliphatic heterocycles. The van der Waals surface area contributed by atoms with E-state index in [9.17, 15) is 0 Å². The Balaban J connectivity index is 1.85. The highest BCUT2D eigenvalue weighted by Crippen LogP contribution is 2.23. The van der Waals surface area contributed by atoms with Crippen LogP contribution in [0.2, 0.25) is 0 Å². The van der Waals surface area contributed by atoms with E-state index >= 15 is 0 Å². The predicted octanol–water partition coefficient (Wildman–Crippen LogP) is 2.97. The smallest absolute Gasteiger partial charge is 0.0604 e. The first kappa shape index (κ1) is 13.0. The Labute approximate surface area is 94.8 Å². The number of nitrogens with one attached hydrogen (secondary N) is 1. The van der Waals surface area contributed by atoms with Crippen molar-refractivity contribution in [1.29, 1.82) is 0 Å². The van der Waals surface area contributed by atoms with Gasteiger partial charge in [-0.1, -0.05) is 20.8 Å². The van der Waals surface area contributed by atoms with Crippen LogP contribution >= 0.6 is 0 Å². The Kier molecular flexibility index (Phi) is 6.26. The summed E-state index contributed by atoms with van der Waals surface area (Å²) in [5, 5.41) is 3.53. The number of hydrogen-bond acceptors (Lipinski definition) is 2. The molecule has 2 heteroatoms. The number of rotatable bonds is 8. The number of hydrogen-bond donors (Lipinski definition) is 1. The van der Waals surface area contributed by atoms with Gasteiger partial charge in [-0.2, -0.15) is 0 Å². The zero-order valence-electron chi connectivity index (χ0n) is 10.6. The molecule has 0 aromatic rings. The van der Waals surface area contributed by atoms with Gasteiger partial charge in [0.2, 0.25) is 0 Å². The second-order valence-electron chi connectivity index (χ2n) is 5.15. The van der Waals surface area contributed by atoms with Crippen LogP contribution in [0.15, 0.2) is 0 Å². The van der Waals surface area contributed by atoms with Gasteiger partial charge < -0.3 is 10.1 Å². The van der Waals surface area contributed by atoms with Crippen molar-refractivity contribution < 1.29 is 4.74 Å². The molecule has 0 amide bonds. The normalized spacial score (nSPS) is 25.6. The molecular weight excluding hydrogens is 186 g/mol. The molecule has 1 fully saturated rings. The first-order valence-corrected chi connectivity index (χ1v) is 6.57. The maximum absolute atomic E-state index is 5.80. The van der Waals surface area contributed by atoms with Gasteiger partial charge in [0.05, 0.1) is 6.10 Å². The summed E-state index contributed by atoms with van der Waals surface area (Å²) in [4.78, 5) is 0. The van der Waals surface area contributed by atoms with E-state index in [2.05, 4.69) is 26.1 Å². The molecule has 1 aliphatic carbocycles.